The summed E-state index contributed by atoms with van der Waals surface area (Å²) in [5, 5.41) is 5.87. The van der Waals surface area contributed by atoms with Crippen LogP contribution < -0.4 is 10.1 Å². The number of thiazole rings is 1. The van der Waals surface area contributed by atoms with Gasteiger partial charge in [0, 0.05) is 37.5 Å². The van der Waals surface area contributed by atoms with Crippen molar-refractivity contribution in [2.24, 2.45) is 0 Å². The van der Waals surface area contributed by atoms with Crippen LogP contribution in [0.2, 0.25) is 0 Å². The molecule has 2 amide bonds. The van der Waals surface area contributed by atoms with E-state index in [0.717, 1.165) is 41.4 Å². The van der Waals surface area contributed by atoms with Crippen molar-refractivity contribution < 1.29 is 14.3 Å². The van der Waals surface area contributed by atoms with Crippen LogP contribution in [-0.4, -0.2) is 41.3 Å². The van der Waals surface area contributed by atoms with Crippen LogP contribution >= 0.6 is 11.3 Å². The number of ether oxygens (including phenoxy) is 1. The molecule has 0 aliphatic carbocycles. The Morgan fingerprint density at radius 3 is 2.86 bits per heavy atom. The molecule has 6 nitrogen and oxygen atoms in total. The first kappa shape index (κ1) is 20.1. The van der Waals surface area contributed by atoms with E-state index in [-0.39, 0.29) is 11.8 Å². The Morgan fingerprint density at radius 1 is 1.36 bits per heavy atom. The number of rotatable bonds is 9. The highest BCUT2D eigenvalue weighted by atomic mass is 32.1. The van der Waals surface area contributed by atoms with Crippen molar-refractivity contribution in [3.8, 4) is 5.75 Å². The SMILES string of the molecule is Cc1nc(COc2ccc(/C=C/C(=O)NCCCN3CCCC3=O)cc2)cs1. The van der Waals surface area contributed by atoms with E-state index in [2.05, 4.69) is 10.3 Å². The second-order valence-electron chi connectivity index (χ2n) is 6.68. The van der Waals surface area contributed by atoms with Crippen LogP contribution in [0.25, 0.3) is 6.08 Å². The second kappa shape index (κ2) is 10.0. The summed E-state index contributed by atoms with van der Waals surface area (Å²) >= 11 is 1.61. The highest BCUT2D eigenvalue weighted by Crippen LogP contribution is 2.16. The number of likely N-dealkylation sites (tertiary alicyclic amines) is 1. The smallest absolute Gasteiger partial charge is 0.244 e. The molecular weight excluding hydrogens is 374 g/mol. The van der Waals surface area contributed by atoms with Gasteiger partial charge in [0.05, 0.1) is 10.7 Å². The summed E-state index contributed by atoms with van der Waals surface area (Å²) in [5.41, 5.74) is 1.85. The van der Waals surface area contributed by atoms with Crippen LogP contribution in [0.15, 0.2) is 35.7 Å². The lowest BCUT2D eigenvalue weighted by atomic mass is 10.2. The molecule has 0 radical (unpaired) electrons. The van der Waals surface area contributed by atoms with Gasteiger partial charge in [0.2, 0.25) is 11.8 Å². The Kier molecular flexibility index (Phi) is 7.19. The maximum atomic E-state index is 11.9. The molecule has 7 heteroatoms. The summed E-state index contributed by atoms with van der Waals surface area (Å²) < 4.78 is 5.71. The van der Waals surface area contributed by atoms with Gasteiger partial charge in [-0.1, -0.05) is 12.1 Å². The molecule has 0 bridgehead atoms. The number of benzene rings is 1. The average molecular weight is 400 g/mol. The Bertz CT molecular complexity index is 830. The first-order valence-corrected chi connectivity index (χ1v) is 10.4. The highest BCUT2D eigenvalue weighted by molar-refractivity contribution is 7.09. The quantitative estimate of drug-likeness (QED) is 0.519. The van der Waals surface area contributed by atoms with E-state index in [9.17, 15) is 9.59 Å². The summed E-state index contributed by atoms with van der Waals surface area (Å²) in [7, 11) is 0. The van der Waals surface area contributed by atoms with Crippen molar-refractivity contribution >= 4 is 29.2 Å². The standard InChI is InChI=1S/C21H25N3O3S/c1-16-23-18(15-28-16)14-27-19-8-5-17(6-9-19)7-10-20(25)22-11-3-13-24-12-2-4-21(24)26/h5-10,15H,2-4,11-14H2,1H3,(H,22,25)/b10-7+. The number of amides is 2. The molecule has 1 N–H and O–H groups in total. The largest absolute Gasteiger partial charge is 0.487 e. The summed E-state index contributed by atoms with van der Waals surface area (Å²) in [6.07, 6.45) is 5.67. The Morgan fingerprint density at radius 2 is 2.18 bits per heavy atom. The van der Waals surface area contributed by atoms with Crippen LogP contribution in [0, 0.1) is 6.92 Å². The number of nitrogens with zero attached hydrogens (tertiary/aromatic N) is 2. The first-order valence-electron chi connectivity index (χ1n) is 9.48. The molecule has 1 fully saturated rings. The third-order valence-corrected chi connectivity index (χ3v) is 5.26. The van der Waals surface area contributed by atoms with Gasteiger partial charge < -0.3 is 15.0 Å². The van der Waals surface area contributed by atoms with Crippen molar-refractivity contribution in [2.45, 2.75) is 32.8 Å². The predicted octanol–water partition coefficient (Wildman–Crippen LogP) is 3.17. The Balaban J connectivity index is 1.36. The third-order valence-electron chi connectivity index (χ3n) is 4.44. The summed E-state index contributed by atoms with van der Waals surface area (Å²) in [6.45, 7) is 4.54. The van der Waals surface area contributed by atoms with Gasteiger partial charge in [0.25, 0.3) is 0 Å². The fraction of sp³-hybridized carbons (Fsp3) is 0.381. The van der Waals surface area contributed by atoms with Crippen LogP contribution in [0.1, 0.15) is 35.5 Å². The lowest BCUT2D eigenvalue weighted by Gasteiger charge is -2.14. The molecule has 148 valence electrons. The molecule has 0 spiro atoms. The highest BCUT2D eigenvalue weighted by Gasteiger charge is 2.18. The number of aryl methyl sites for hydroxylation is 1. The van der Waals surface area contributed by atoms with Crippen LogP contribution in [0.4, 0.5) is 0 Å². The predicted molar refractivity (Wildman–Crippen MR) is 110 cm³/mol. The second-order valence-corrected chi connectivity index (χ2v) is 7.74. The lowest BCUT2D eigenvalue weighted by molar-refractivity contribution is -0.127. The van der Waals surface area contributed by atoms with E-state index in [1.54, 1.807) is 17.4 Å². The zero-order valence-corrected chi connectivity index (χ0v) is 16.8. The van der Waals surface area contributed by atoms with Crippen LogP contribution in [0.3, 0.4) is 0 Å². The van der Waals surface area contributed by atoms with E-state index >= 15 is 0 Å². The molecule has 3 rings (SSSR count). The zero-order chi connectivity index (χ0) is 19.8. The monoisotopic (exact) mass is 399 g/mol. The minimum Gasteiger partial charge on any atom is -0.487 e. The molecule has 0 atom stereocenters. The Labute approximate surface area is 169 Å². The molecule has 2 heterocycles. The van der Waals surface area contributed by atoms with E-state index in [1.807, 2.05) is 41.5 Å². The minimum absolute atomic E-state index is 0.132. The summed E-state index contributed by atoms with van der Waals surface area (Å²) in [4.78, 5) is 29.6. The molecule has 1 saturated heterocycles. The summed E-state index contributed by atoms with van der Waals surface area (Å²) in [6, 6.07) is 7.57. The number of hydrogen-bond acceptors (Lipinski definition) is 5. The molecule has 1 aromatic carbocycles. The summed E-state index contributed by atoms with van der Waals surface area (Å²) in [5.74, 6) is 0.857. The fourth-order valence-corrected chi connectivity index (χ4v) is 3.56. The zero-order valence-electron chi connectivity index (χ0n) is 16.0. The van der Waals surface area contributed by atoms with Gasteiger partial charge in [-0.25, -0.2) is 4.98 Å². The molecular formula is C21H25N3O3S. The van der Waals surface area contributed by atoms with Gasteiger partial charge in [-0.15, -0.1) is 11.3 Å². The molecule has 1 aromatic heterocycles. The van der Waals surface area contributed by atoms with Crippen molar-refractivity contribution in [1.29, 1.82) is 0 Å². The molecule has 0 saturated carbocycles. The van der Waals surface area contributed by atoms with E-state index < -0.39 is 0 Å². The molecule has 1 aliphatic rings. The van der Waals surface area contributed by atoms with Gasteiger partial charge in [-0.2, -0.15) is 0 Å². The van der Waals surface area contributed by atoms with Crippen LogP contribution in [0.5, 0.6) is 5.75 Å². The van der Waals surface area contributed by atoms with Crippen molar-refractivity contribution in [1.82, 2.24) is 15.2 Å². The molecule has 2 aromatic rings. The van der Waals surface area contributed by atoms with Gasteiger partial charge >= 0.3 is 0 Å². The normalized spacial score (nSPS) is 14.0. The number of nitrogens with one attached hydrogen (secondary N) is 1. The topological polar surface area (TPSA) is 71.5 Å². The van der Waals surface area contributed by atoms with E-state index in [0.29, 0.717) is 26.1 Å². The first-order chi connectivity index (χ1) is 13.6. The van der Waals surface area contributed by atoms with Crippen molar-refractivity contribution in [3.63, 3.8) is 0 Å². The number of carbonyl (C=O) groups is 2. The fourth-order valence-electron chi connectivity index (χ4n) is 2.96. The van der Waals surface area contributed by atoms with E-state index in [4.69, 9.17) is 4.74 Å². The Hall–Kier alpha value is -2.67. The van der Waals surface area contributed by atoms with Gasteiger partial charge in [0.1, 0.15) is 12.4 Å². The number of carbonyl (C=O) groups excluding carboxylic acids is 2. The van der Waals surface area contributed by atoms with Crippen molar-refractivity contribution in [3.05, 3.63) is 52.0 Å². The molecule has 28 heavy (non-hydrogen) atoms. The maximum Gasteiger partial charge on any atom is 0.244 e. The van der Waals surface area contributed by atoms with Crippen LogP contribution in [-0.2, 0) is 16.2 Å². The van der Waals surface area contributed by atoms with Gasteiger partial charge in [-0.05, 0) is 43.5 Å². The van der Waals surface area contributed by atoms with Crippen molar-refractivity contribution in [2.75, 3.05) is 19.6 Å². The number of aromatic nitrogens is 1. The molecule has 0 unspecified atom stereocenters. The third kappa shape index (κ3) is 6.20. The lowest BCUT2D eigenvalue weighted by Crippen LogP contribution is -2.29. The van der Waals surface area contributed by atoms with E-state index in [1.165, 1.54) is 6.08 Å². The van der Waals surface area contributed by atoms with Gasteiger partial charge in [0.15, 0.2) is 0 Å². The number of hydrogen-bond donors (Lipinski definition) is 1. The average Bonchev–Trinajstić information content (AvgIpc) is 3.30. The van der Waals surface area contributed by atoms with Gasteiger partial charge in [-0.3, -0.25) is 9.59 Å². The maximum absolute atomic E-state index is 11.9. The molecule has 1 aliphatic heterocycles. The minimum atomic E-state index is -0.132.